The number of benzene rings is 2. The molecule has 1 amide bonds. The van der Waals surface area contributed by atoms with E-state index >= 15 is 0 Å². The molecule has 0 fully saturated rings. The van der Waals surface area contributed by atoms with Crippen molar-refractivity contribution >= 4 is 27.3 Å². The third kappa shape index (κ3) is 6.60. The molecule has 3 N–H and O–H groups in total. The van der Waals surface area contributed by atoms with E-state index in [1.54, 1.807) is 19.9 Å². The number of carbonyl (C=O) groups excluding carboxylic acids is 1. The van der Waals surface area contributed by atoms with Gasteiger partial charge in [0.2, 0.25) is 5.91 Å². The minimum atomic E-state index is -4.95. The molecule has 172 valence electrons. The van der Waals surface area contributed by atoms with Crippen molar-refractivity contribution in [2.45, 2.75) is 25.1 Å². The van der Waals surface area contributed by atoms with Gasteiger partial charge < -0.3 is 15.2 Å². The van der Waals surface area contributed by atoms with Crippen molar-refractivity contribution in [1.82, 2.24) is 0 Å². The molecule has 0 aliphatic heterocycles. The molecule has 0 radical (unpaired) electrons. The van der Waals surface area contributed by atoms with Crippen LogP contribution in [0.15, 0.2) is 47.4 Å². The predicted molar refractivity (Wildman–Crippen MR) is 109 cm³/mol. The van der Waals surface area contributed by atoms with E-state index in [9.17, 15) is 36.8 Å². The van der Waals surface area contributed by atoms with Crippen molar-refractivity contribution in [2.24, 2.45) is 11.8 Å². The largest absolute Gasteiger partial charge is 0.573 e. The van der Waals surface area contributed by atoms with Crippen LogP contribution in [0.2, 0.25) is 0 Å². The second-order valence-corrected chi connectivity index (χ2v) is 8.68. The van der Waals surface area contributed by atoms with E-state index in [0.29, 0.717) is 0 Å². The first-order valence-corrected chi connectivity index (χ1v) is 10.7. The van der Waals surface area contributed by atoms with Gasteiger partial charge in [0.1, 0.15) is 16.7 Å². The van der Waals surface area contributed by atoms with Gasteiger partial charge in [0.05, 0.1) is 23.8 Å². The fourth-order valence-corrected chi connectivity index (χ4v) is 3.92. The van der Waals surface area contributed by atoms with Gasteiger partial charge in [-0.15, -0.1) is 13.2 Å². The number of hydrogen-bond donors (Lipinski definition) is 3. The van der Waals surface area contributed by atoms with Gasteiger partial charge in [-0.3, -0.25) is 9.52 Å². The highest BCUT2D eigenvalue weighted by molar-refractivity contribution is 7.92. The number of aliphatic hydroxyl groups is 1. The summed E-state index contributed by atoms with van der Waals surface area (Å²) in [7, 11) is -4.36. The van der Waals surface area contributed by atoms with Gasteiger partial charge in [-0.2, -0.15) is 5.26 Å². The van der Waals surface area contributed by atoms with Crippen LogP contribution in [0, 0.1) is 23.2 Å². The van der Waals surface area contributed by atoms with Gasteiger partial charge in [0.15, 0.2) is 0 Å². The number of rotatable bonds is 8. The highest BCUT2D eigenvalue weighted by Gasteiger charge is 2.31. The molecular formula is C20H20F3N3O5S. The summed E-state index contributed by atoms with van der Waals surface area (Å²) < 4.78 is 68.4. The standard InChI is InChI=1S/C20H20F3N3O5S/c1-12(2)17(11-27)19(28)25-14-6-7-18(13(8-14)10-24)32(29,30)26-15-4-3-5-16(9-15)31-20(21,22)23/h3-9,12,17,26-27H,11H2,1-2H3,(H,25,28)/t17-/m0/s1. The number of alkyl halides is 3. The van der Waals surface area contributed by atoms with Crippen LogP contribution in [0.4, 0.5) is 24.5 Å². The first kappa shape index (κ1) is 25.0. The minimum absolute atomic E-state index is 0.144. The third-order valence-electron chi connectivity index (χ3n) is 4.32. The summed E-state index contributed by atoms with van der Waals surface area (Å²) in [4.78, 5) is 11.8. The second-order valence-electron chi connectivity index (χ2n) is 7.03. The number of aliphatic hydroxyl groups excluding tert-OH is 1. The maximum absolute atomic E-state index is 12.7. The Kier molecular flexibility index (Phi) is 7.71. The van der Waals surface area contributed by atoms with Gasteiger partial charge in [-0.25, -0.2) is 8.42 Å². The molecule has 0 saturated heterocycles. The van der Waals surface area contributed by atoms with Crippen molar-refractivity contribution in [3.05, 3.63) is 48.0 Å². The second kappa shape index (κ2) is 9.88. The number of nitriles is 1. The Labute approximate surface area is 182 Å². The maximum Gasteiger partial charge on any atom is 0.573 e. The van der Waals surface area contributed by atoms with E-state index < -0.39 is 38.9 Å². The first-order chi connectivity index (χ1) is 14.9. The number of nitrogens with zero attached hydrogens (tertiary/aromatic N) is 1. The van der Waals surface area contributed by atoms with Crippen molar-refractivity contribution in [3.63, 3.8) is 0 Å². The van der Waals surface area contributed by atoms with Crippen LogP contribution in [-0.4, -0.2) is 32.4 Å². The Morgan fingerprint density at radius 2 is 1.88 bits per heavy atom. The zero-order valence-electron chi connectivity index (χ0n) is 17.0. The average molecular weight is 471 g/mol. The van der Waals surface area contributed by atoms with Crippen LogP contribution in [0.5, 0.6) is 5.75 Å². The molecule has 0 heterocycles. The summed E-state index contributed by atoms with van der Waals surface area (Å²) >= 11 is 0. The van der Waals surface area contributed by atoms with Crippen LogP contribution in [0.1, 0.15) is 19.4 Å². The van der Waals surface area contributed by atoms with Gasteiger partial charge >= 0.3 is 6.36 Å². The summed E-state index contributed by atoms with van der Waals surface area (Å²) in [5, 5.41) is 21.2. The number of nitrogens with one attached hydrogen (secondary N) is 2. The number of sulfonamides is 1. The summed E-state index contributed by atoms with van der Waals surface area (Å²) in [6.07, 6.45) is -4.95. The molecule has 0 aliphatic rings. The summed E-state index contributed by atoms with van der Waals surface area (Å²) in [5.74, 6) is -1.98. The Morgan fingerprint density at radius 3 is 2.44 bits per heavy atom. The van der Waals surface area contributed by atoms with Crippen LogP contribution >= 0.6 is 0 Å². The van der Waals surface area contributed by atoms with Crippen LogP contribution in [0.3, 0.4) is 0 Å². The van der Waals surface area contributed by atoms with Gasteiger partial charge in [0, 0.05) is 11.8 Å². The minimum Gasteiger partial charge on any atom is -0.406 e. The molecule has 0 unspecified atom stereocenters. The van der Waals surface area contributed by atoms with E-state index in [1.165, 1.54) is 12.1 Å². The Bertz CT molecular complexity index is 1130. The lowest BCUT2D eigenvalue weighted by Crippen LogP contribution is -2.29. The number of halogens is 3. The third-order valence-corrected chi connectivity index (χ3v) is 5.75. The average Bonchev–Trinajstić information content (AvgIpc) is 2.66. The molecule has 1 atom stereocenters. The van der Waals surface area contributed by atoms with Crippen molar-refractivity contribution in [3.8, 4) is 11.8 Å². The zero-order chi connectivity index (χ0) is 24.1. The van der Waals surface area contributed by atoms with E-state index in [4.69, 9.17) is 0 Å². The lowest BCUT2D eigenvalue weighted by Gasteiger charge is -2.18. The van der Waals surface area contributed by atoms with E-state index in [1.807, 2.05) is 0 Å². The molecule has 0 aliphatic carbocycles. The SMILES string of the molecule is CC(C)[C@H](CO)C(=O)Nc1ccc(S(=O)(=O)Nc2cccc(OC(F)(F)F)c2)c(C#N)c1. The molecule has 0 saturated carbocycles. The number of amides is 1. The Morgan fingerprint density at radius 1 is 1.19 bits per heavy atom. The number of carbonyl (C=O) groups is 1. The predicted octanol–water partition coefficient (Wildman–Crippen LogP) is 3.46. The number of ether oxygens (including phenoxy) is 1. The molecule has 2 aromatic carbocycles. The topological polar surface area (TPSA) is 129 Å². The van der Waals surface area contributed by atoms with Crippen LogP contribution in [-0.2, 0) is 14.8 Å². The summed E-state index contributed by atoms with van der Waals surface area (Å²) in [6.45, 7) is 3.11. The highest BCUT2D eigenvalue weighted by atomic mass is 32.2. The molecular weight excluding hydrogens is 451 g/mol. The van der Waals surface area contributed by atoms with Gasteiger partial charge in [-0.1, -0.05) is 19.9 Å². The molecule has 32 heavy (non-hydrogen) atoms. The first-order valence-electron chi connectivity index (χ1n) is 9.21. The molecule has 0 bridgehead atoms. The molecule has 0 spiro atoms. The molecule has 2 aromatic rings. The summed E-state index contributed by atoms with van der Waals surface area (Å²) in [6, 6.07) is 9.41. The van der Waals surface area contributed by atoms with E-state index in [-0.39, 0.29) is 29.5 Å². The van der Waals surface area contributed by atoms with Crippen molar-refractivity contribution in [1.29, 1.82) is 5.26 Å². The normalized spacial score (nSPS) is 12.7. The van der Waals surface area contributed by atoms with Gasteiger partial charge in [-0.05, 0) is 36.2 Å². The number of hydrogen-bond acceptors (Lipinski definition) is 6. The maximum atomic E-state index is 12.7. The Balaban J connectivity index is 2.28. The van der Waals surface area contributed by atoms with Crippen molar-refractivity contribution < 1.29 is 36.2 Å². The Hall–Kier alpha value is -3.30. The quantitative estimate of drug-likeness (QED) is 0.541. The van der Waals surface area contributed by atoms with Crippen molar-refractivity contribution in [2.75, 3.05) is 16.6 Å². The monoisotopic (exact) mass is 471 g/mol. The highest BCUT2D eigenvalue weighted by Crippen LogP contribution is 2.28. The lowest BCUT2D eigenvalue weighted by molar-refractivity contribution is -0.274. The fraction of sp³-hybridized carbons (Fsp3) is 0.300. The molecule has 8 nitrogen and oxygen atoms in total. The van der Waals surface area contributed by atoms with Crippen LogP contribution < -0.4 is 14.8 Å². The molecule has 12 heteroatoms. The fourth-order valence-electron chi connectivity index (χ4n) is 2.73. The zero-order valence-corrected chi connectivity index (χ0v) is 17.8. The lowest BCUT2D eigenvalue weighted by atomic mass is 9.96. The van der Waals surface area contributed by atoms with E-state index in [2.05, 4.69) is 14.8 Å². The molecule has 2 rings (SSSR count). The smallest absolute Gasteiger partial charge is 0.406 e. The molecule has 0 aromatic heterocycles. The summed E-state index contributed by atoms with van der Waals surface area (Å²) in [5.41, 5.74) is -0.371. The van der Waals surface area contributed by atoms with E-state index in [0.717, 1.165) is 30.3 Å². The van der Waals surface area contributed by atoms with Gasteiger partial charge in [0.25, 0.3) is 10.0 Å². The number of anilines is 2. The van der Waals surface area contributed by atoms with Crippen LogP contribution in [0.25, 0.3) is 0 Å².